The minimum atomic E-state index is 0.736. The summed E-state index contributed by atoms with van der Waals surface area (Å²) in [5, 5.41) is 0. The molecular formula is C13H20BrNO. The van der Waals surface area contributed by atoms with E-state index >= 15 is 0 Å². The van der Waals surface area contributed by atoms with Gasteiger partial charge in [0.25, 0.3) is 0 Å². The van der Waals surface area contributed by atoms with Crippen molar-refractivity contribution in [2.24, 2.45) is 5.92 Å². The summed E-state index contributed by atoms with van der Waals surface area (Å²) in [5.74, 6) is 0.736. The fourth-order valence-corrected chi connectivity index (χ4v) is 2.87. The number of nitrogens with zero attached hydrogens (tertiary/aromatic N) is 1. The lowest BCUT2D eigenvalue weighted by Crippen LogP contribution is -2.36. The van der Waals surface area contributed by atoms with Gasteiger partial charge in [0.15, 0.2) is 0 Å². The van der Waals surface area contributed by atoms with E-state index in [1.807, 2.05) is 0 Å². The van der Waals surface area contributed by atoms with Crippen molar-refractivity contribution in [3.05, 3.63) is 22.7 Å². The molecule has 0 bridgehead atoms. The minimum absolute atomic E-state index is 0.736. The summed E-state index contributed by atoms with van der Waals surface area (Å²) in [6.07, 6.45) is 10.4. The van der Waals surface area contributed by atoms with Crippen molar-refractivity contribution in [2.45, 2.75) is 19.3 Å². The Morgan fingerprint density at radius 3 is 2.94 bits per heavy atom. The van der Waals surface area contributed by atoms with Crippen molar-refractivity contribution in [1.29, 1.82) is 0 Å². The molecule has 0 aromatic carbocycles. The van der Waals surface area contributed by atoms with Crippen molar-refractivity contribution in [2.75, 3.05) is 32.8 Å². The lowest BCUT2D eigenvalue weighted by Gasteiger charge is -2.27. The van der Waals surface area contributed by atoms with Crippen LogP contribution >= 0.6 is 15.9 Å². The van der Waals surface area contributed by atoms with E-state index in [-0.39, 0.29) is 0 Å². The fraction of sp³-hybridized carbons (Fsp3) is 0.692. The highest BCUT2D eigenvalue weighted by atomic mass is 79.9. The normalized spacial score (nSPS) is 26.8. The van der Waals surface area contributed by atoms with Gasteiger partial charge >= 0.3 is 0 Å². The molecule has 2 nitrogen and oxygen atoms in total. The molecule has 0 aromatic heterocycles. The van der Waals surface area contributed by atoms with E-state index < -0.39 is 0 Å². The van der Waals surface area contributed by atoms with E-state index in [2.05, 4.69) is 39.1 Å². The Balaban J connectivity index is 1.61. The number of ether oxygens (including phenoxy) is 1. The van der Waals surface area contributed by atoms with Crippen LogP contribution in [0.3, 0.4) is 0 Å². The smallest absolute Gasteiger partial charge is 0.0594 e. The van der Waals surface area contributed by atoms with Crippen molar-refractivity contribution >= 4 is 15.9 Å². The fourth-order valence-electron chi connectivity index (χ4n) is 2.30. The molecule has 1 fully saturated rings. The number of allylic oxidation sites excluding steroid dienone is 4. The first-order valence-corrected chi connectivity index (χ1v) is 6.97. The summed E-state index contributed by atoms with van der Waals surface area (Å²) in [4.78, 5) is 2.51. The van der Waals surface area contributed by atoms with Crippen LogP contribution in [0.15, 0.2) is 22.7 Å². The number of rotatable bonds is 4. The summed E-state index contributed by atoms with van der Waals surface area (Å²) in [6.45, 7) is 5.29. The Hall–Kier alpha value is -0.120. The molecule has 1 unspecified atom stereocenters. The molecule has 1 saturated heterocycles. The highest BCUT2D eigenvalue weighted by Gasteiger charge is 2.12. The maximum absolute atomic E-state index is 5.34. The summed E-state index contributed by atoms with van der Waals surface area (Å²) in [7, 11) is 0. The zero-order chi connectivity index (χ0) is 11.2. The predicted molar refractivity (Wildman–Crippen MR) is 70.8 cm³/mol. The number of morpholine rings is 1. The van der Waals surface area contributed by atoms with E-state index in [9.17, 15) is 0 Å². The van der Waals surface area contributed by atoms with Crippen molar-refractivity contribution in [3.63, 3.8) is 0 Å². The molecule has 1 heterocycles. The highest BCUT2D eigenvalue weighted by molar-refractivity contribution is 9.11. The van der Waals surface area contributed by atoms with Crippen molar-refractivity contribution < 1.29 is 4.74 Å². The molecule has 2 aliphatic rings. The lowest BCUT2D eigenvalue weighted by atomic mass is 9.95. The minimum Gasteiger partial charge on any atom is -0.379 e. The predicted octanol–water partition coefficient (Wildman–Crippen LogP) is 2.95. The van der Waals surface area contributed by atoms with Crippen LogP contribution in [0.25, 0.3) is 0 Å². The summed E-state index contributed by atoms with van der Waals surface area (Å²) in [6, 6.07) is 0. The standard InChI is InChI=1S/C13H20BrNO/c14-13-5-1-3-12(11-13)4-2-6-15-7-9-16-10-8-15/h1,3,5,12H,2,4,6-11H2. The van der Waals surface area contributed by atoms with Gasteiger partial charge in [0.1, 0.15) is 0 Å². The third kappa shape index (κ3) is 4.04. The van der Waals surface area contributed by atoms with Crippen LogP contribution in [0.4, 0.5) is 0 Å². The molecule has 0 aromatic rings. The van der Waals surface area contributed by atoms with Gasteiger partial charge in [-0.2, -0.15) is 0 Å². The molecule has 0 radical (unpaired) electrons. The average molecular weight is 286 g/mol. The maximum atomic E-state index is 5.34. The topological polar surface area (TPSA) is 12.5 Å². The molecule has 0 amide bonds. The summed E-state index contributed by atoms with van der Waals surface area (Å²) in [5.41, 5.74) is 0. The van der Waals surface area contributed by atoms with Crippen LogP contribution in [0.2, 0.25) is 0 Å². The van der Waals surface area contributed by atoms with Gasteiger partial charge < -0.3 is 4.74 Å². The second-order valence-electron chi connectivity index (χ2n) is 4.56. The quantitative estimate of drug-likeness (QED) is 0.788. The van der Waals surface area contributed by atoms with Gasteiger partial charge in [-0.3, -0.25) is 4.90 Å². The zero-order valence-electron chi connectivity index (χ0n) is 9.70. The van der Waals surface area contributed by atoms with E-state index in [0.717, 1.165) is 32.2 Å². The first-order chi connectivity index (χ1) is 7.84. The molecule has 1 aliphatic heterocycles. The first-order valence-electron chi connectivity index (χ1n) is 6.17. The Morgan fingerprint density at radius 1 is 1.38 bits per heavy atom. The van der Waals surface area contributed by atoms with Gasteiger partial charge in [0.05, 0.1) is 13.2 Å². The summed E-state index contributed by atoms with van der Waals surface area (Å²) >= 11 is 3.58. The molecule has 1 atom stereocenters. The molecule has 16 heavy (non-hydrogen) atoms. The third-order valence-corrected chi connectivity index (χ3v) is 3.86. The van der Waals surface area contributed by atoms with Gasteiger partial charge in [-0.15, -0.1) is 0 Å². The van der Waals surface area contributed by atoms with Gasteiger partial charge in [-0.1, -0.05) is 34.2 Å². The van der Waals surface area contributed by atoms with Gasteiger partial charge in [0, 0.05) is 13.1 Å². The van der Waals surface area contributed by atoms with Crippen LogP contribution < -0.4 is 0 Å². The van der Waals surface area contributed by atoms with Crippen LogP contribution in [0.5, 0.6) is 0 Å². The van der Waals surface area contributed by atoms with E-state index in [1.165, 1.54) is 30.3 Å². The largest absolute Gasteiger partial charge is 0.379 e. The highest BCUT2D eigenvalue weighted by Crippen LogP contribution is 2.26. The Kier molecular flexibility index (Phi) is 5.07. The van der Waals surface area contributed by atoms with Crippen LogP contribution in [-0.4, -0.2) is 37.7 Å². The van der Waals surface area contributed by atoms with Gasteiger partial charge in [-0.25, -0.2) is 0 Å². The zero-order valence-corrected chi connectivity index (χ0v) is 11.3. The Morgan fingerprint density at radius 2 is 2.19 bits per heavy atom. The molecule has 3 heteroatoms. The number of hydrogen-bond donors (Lipinski definition) is 0. The van der Waals surface area contributed by atoms with Gasteiger partial charge in [0.2, 0.25) is 0 Å². The second-order valence-corrected chi connectivity index (χ2v) is 5.58. The Bertz CT molecular complexity index is 269. The molecule has 1 aliphatic carbocycles. The number of halogens is 1. The van der Waals surface area contributed by atoms with Crippen LogP contribution in [-0.2, 0) is 4.74 Å². The molecule has 0 saturated carbocycles. The average Bonchev–Trinajstić information content (AvgIpc) is 2.30. The molecule has 2 rings (SSSR count). The molecular weight excluding hydrogens is 266 g/mol. The SMILES string of the molecule is BrC1=CC=CC(CCCN2CCOCC2)C1. The number of hydrogen-bond acceptors (Lipinski definition) is 2. The summed E-state index contributed by atoms with van der Waals surface area (Å²) < 4.78 is 6.68. The third-order valence-electron chi connectivity index (χ3n) is 3.27. The Labute approximate surface area is 106 Å². The monoisotopic (exact) mass is 285 g/mol. The lowest BCUT2D eigenvalue weighted by molar-refractivity contribution is 0.0369. The van der Waals surface area contributed by atoms with Crippen LogP contribution in [0.1, 0.15) is 19.3 Å². The molecule has 0 spiro atoms. The van der Waals surface area contributed by atoms with E-state index in [1.54, 1.807) is 0 Å². The molecule has 0 N–H and O–H groups in total. The van der Waals surface area contributed by atoms with Crippen LogP contribution in [0, 0.1) is 5.92 Å². The van der Waals surface area contributed by atoms with E-state index in [4.69, 9.17) is 4.74 Å². The second kappa shape index (κ2) is 6.58. The maximum Gasteiger partial charge on any atom is 0.0594 e. The van der Waals surface area contributed by atoms with E-state index in [0.29, 0.717) is 0 Å². The molecule has 90 valence electrons. The van der Waals surface area contributed by atoms with Crippen molar-refractivity contribution in [3.8, 4) is 0 Å². The van der Waals surface area contributed by atoms with Crippen molar-refractivity contribution in [1.82, 2.24) is 4.90 Å². The van der Waals surface area contributed by atoms with Gasteiger partial charge in [-0.05, 0) is 36.2 Å². The first kappa shape index (κ1) is 12.3.